The molecule has 0 saturated carbocycles. The van der Waals surface area contributed by atoms with Gasteiger partial charge in [0.15, 0.2) is 0 Å². The Morgan fingerprint density at radius 1 is 1.33 bits per heavy atom. The third-order valence-corrected chi connectivity index (χ3v) is 5.28. The average molecular weight is 350 g/mol. The van der Waals surface area contributed by atoms with Crippen LogP contribution in [-0.2, 0) is 14.8 Å². The van der Waals surface area contributed by atoms with E-state index in [4.69, 9.17) is 29.6 Å². The van der Waals surface area contributed by atoms with Crippen LogP contribution in [0.15, 0.2) is 23.1 Å². The van der Waals surface area contributed by atoms with E-state index >= 15 is 0 Å². The van der Waals surface area contributed by atoms with Gasteiger partial charge in [0.25, 0.3) is 0 Å². The molecule has 0 heterocycles. The van der Waals surface area contributed by atoms with E-state index in [0.29, 0.717) is 5.56 Å². The molecule has 1 rings (SSSR count). The summed E-state index contributed by atoms with van der Waals surface area (Å²) >= 11 is 10.8. The molecular weight excluding hydrogens is 334 g/mol. The Kier molecular flexibility index (Phi) is 5.68. The van der Waals surface area contributed by atoms with Gasteiger partial charge in [-0.25, -0.2) is 8.42 Å². The third kappa shape index (κ3) is 4.13. The highest BCUT2D eigenvalue weighted by Gasteiger charge is 2.26. The highest BCUT2D eigenvalue weighted by Crippen LogP contribution is 2.25. The number of sulfonamides is 1. The lowest BCUT2D eigenvalue weighted by Crippen LogP contribution is -2.37. The molecule has 0 spiro atoms. The minimum absolute atomic E-state index is 0.0409. The summed E-state index contributed by atoms with van der Waals surface area (Å²) < 4.78 is 25.9. The number of nitrogens with two attached hydrogens (primary N) is 1. The summed E-state index contributed by atoms with van der Waals surface area (Å²) in [4.78, 5) is 12.9. The zero-order chi connectivity index (χ0) is 16.4. The fourth-order valence-corrected chi connectivity index (χ4v) is 3.18. The van der Waals surface area contributed by atoms with Gasteiger partial charge in [0.1, 0.15) is 9.88 Å². The van der Waals surface area contributed by atoms with Crippen molar-refractivity contribution in [2.75, 3.05) is 27.7 Å². The number of amides is 1. The van der Waals surface area contributed by atoms with Gasteiger partial charge in [-0.1, -0.05) is 29.9 Å². The van der Waals surface area contributed by atoms with Crippen LogP contribution in [0.5, 0.6) is 0 Å². The van der Waals surface area contributed by atoms with Gasteiger partial charge in [-0.3, -0.25) is 4.79 Å². The fourth-order valence-electron chi connectivity index (χ4n) is 1.44. The normalized spacial score (nSPS) is 11.5. The van der Waals surface area contributed by atoms with Crippen molar-refractivity contribution >= 4 is 44.7 Å². The number of thiocarbonyl (C=S) groups is 1. The van der Waals surface area contributed by atoms with E-state index in [0.717, 1.165) is 4.31 Å². The van der Waals surface area contributed by atoms with Crippen molar-refractivity contribution in [3.8, 4) is 0 Å². The summed E-state index contributed by atoms with van der Waals surface area (Å²) in [6, 6.07) is 4.25. The zero-order valence-electron chi connectivity index (χ0n) is 11.8. The molecule has 0 aliphatic heterocycles. The monoisotopic (exact) mass is 349 g/mol. The number of halogens is 1. The SMILES string of the molecule is CN(C)C(=O)CN(C)S(=O)(=O)c1cc(C(N)=S)ccc1Cl. The molecule has 0 aliphatic rings. The van der Waals surface area contributed by atoms with Gasteiger partial charge in [0, 0.05) is 26.7 Å². The molecule has 0 bridgehead atoms. The predicted octanol–water partition coefficient (Wildman–Crippen LogP) is 0.683. The summed E-state index contributed by atoms with van der Waals surface area (Å²) in [6.07, 6.45) is 0. The quantitative estimate of drug-likeness (QED) is 0.790. The molecule has 2 N–H and O–H groups in total. The molecular formula is C12H16ClN3O3S2. The van der Waals surface area contributed by atoms with Crippen LogP contribution in [0.25, 0.3) is 0 Å². The molecule has 0 aliphatic carbocycles. The Labute approximate surface area is 134 Å². The van der Waals surface area contributed by atoms with Crippen molar-refractivity contribution in [2.45, 2.75) is 4.90 Å². The molecule has 9 heteroatoms. The molecule has 0 atom stereocenters. The predicted molar refractivity (Wildman–Crippen MR) is 85.8 cm³/mol. The second-order valence-corrected chi connectivity index (χ2v) is 7.42. The Morgan fingerprint density at radius 3 is 2.38 bits per heavy atom. The molecule has 0 unspecified atom stereocenters. The van der Waals surface area contributed by atoms with Crippen LogP contribution in [0.3, 0.4) is 0 Å². The first-order valence-corrected chi connectivity index (χ1v) is 8.06. The number of hydrogen-bond donors (Lipinski definition) is 1. The first-order chi connectivity index (χ1) is 9.57. The minimum Gasteiger partial charge on any atom is -0.389 e. The maximum absolute atomic E-state index is 12.5. The molecule has 1 amide bonds. The smallest absolute Gasteiger partial charge is 0.244 e. The van der Waals surface area contributed by atoms with E-state index in [-0.39, 0.29) is 27.4 Å². The minimum atomic E-state index is -3.92. The molecule has 1 aromatic carbocycles. The van der Waals surface area contributed by atoms with Crippen molar-refractivity contribution in [1.82, 2.24) is 9.21 Å². The standard InChI is InChI=1S/C12H16ClN3O3S2/c1-15(2)11(17)7-16(3)21(18,19)10-6-8(12(14)20)4-5-9(10)13/h4-6H,7H2,1-3H3,(H2,14,20). The Hall–Kier alpha value is -1.22. The average Bonchev–Trinajstić information content (AvgIpc) is 2.38. The van der Waals surface area contributed by atoms with Gasteiger partial charge < -0.3 is 10.6 Å². The maximum Gasteiger partial charge on any atom is 0.244 e. The summed E-state index contributed by atoms with van der Waals surface area (Å²) in [7, 11) is 0.480. The van der Waals surface area contributed by atoms with E-state index in [1.807, 2.05) is 0 Å². The number of rotatable bonds is 5. The Balaban J connectivity index is 3.21. The molecule has 1 aromatic rings. The first kappa shape index (κ1) is 17.8. The van der Waals surface area contributed by atoms with E-state index in [9.17, 15) is 13.2 Å². The molecule has 0 fully saturated rings. The summed E-state index contributed by atoms with van der Waals surface area (Å²) in [5.74, 6) is -0.345. The second-order valence-electron chi connectivity index (χ2n) is 4.56. The third-order valence-electron chi connectivity index (χ3n) is 2.76. The van der Waals surface area contributed by atoms with Crippen LogP contribution in [0.1, 0.15) is 5.56 Å². The highest BCUT2D eigenvalue weighted by atomic mass is 35.5. The van der Waals surface area contributed by atoms with Gasteiger partial charge in [0.2, 0.25) is 15.9 Å². The molecule has 6 nitrogen and oxygen atoms in total. The second kappa shape index (κ2) is 6.69. The maximum atomic E-state index is 12.5. The first-order valence-electron chi connectivity index (χ1n) is 5.83. The van der Waals surface area contributed by atoms with Gasteiger partial charge >= 0.3 is 0 Å². The van der Waals surface area contributed by atoms with Gasteiger partial charge in [-0.2, -0.15) is 4.31 Å². The molecule has 0 saturated heterocycles. The van der Waals surface area contributed by atoms with Crippen LogP contribution in [-0.4, -0.2) is 56.2 Å². The summed E-state index contributed by atoms with van der Waals surface area (Å²) in [5.41, 5.74) is 5.88. The lowest BCUT2D eigenvalue weighted by molar-refractivity contribution is -0.128. The zero-order valence-corrected chi connectivity index (χ0v) is 14.2. The molecule has 21 heavy (non-hydrogen) atoms. The number of carbonyl (C=O) groups excluding carboxylic acids is 1. The van der Waals surface area contributed by atoms with Crippen molar-refractivity contribution in [3.05, 3.63) is 28.8 Å². The fraction of sp³-hybridized carbons (Fsp3) is 0.333. The van der Waals surface area contributed by atoms with Crippen LogP contribution < -0.4 is 5.73 Å². The van der Waals surface area contributed by atoms with Crippen LogP contribution in [0, 0.1) is 0 Å². The topological polar surface area (TPSA) is 83.7 Å². The summed E-state index contributed by atoms with van der Waals surface area (Å²) in [5, 5.41) is 0.0409. The number of likely N-dealkylation sites (N-methyl/N-ethyl adjacent to an activating group) is 2. The number of nitrogens with zero attached hydrogens (tertiary/aromatic N) is 2. The lowest BCUT2D eigenvalue weighted by atomic mass is 10.2. The summed E-state index contributed by atoms with van der Waals surface area (Å²) in [6.45, 7) is -0.289. The van der Waals surface area contributed by atoms with E-state index in [1.165, 1.54) is 30.1 Å². The molecule has 116 valence electrons. The van der Waals surface area contributed by atoms with Gasteiger partial charge in [0.05, 0.1) is 11.6 Å². The van der Waals surface area contributed by atoms with Gasteiger partial charge in [-0.15, -0.1) is 0 Å². The van der Waals surface area contributed by atoms with Gasteiger partial charge in [-0.05, 0) is 12.1 Å². The Bertz CT molecular complexity index is 674. The lowest BCUT2D eigenvalue weighted by Gasteiger charge is -2.20. The van der Waals surface area contributed by atoms with Crippen molar-refractivity contribution in [1.29, 1.82) is 0 Å². The number of benzene rings is 1. The molecule has 0 radical (unpaired) electrons. The van der Waals surface area contributed by atoms with Crippen molar-refractivity contribution < 1.29 is 13.2 Å². The van der Waals surface area contributed by atoms with Crippen molar-refractivity contribution in [3.63, 3.8) is 0 Å². The van der Waals surface area contributed by atoms with E-state index in [2.05, 4.69) is 0 Å². The largest absolute Gasteiger partial charge is 0.389 e. The molecule has 0 aromatic heterocycles. The van der Waals surface area contributed by atoms with Crippen LogP contribution in [0.2, 0.25) is 5.02 Å². The Morgan fingerprint density at radius 2 is 1.90 bits per heavy atom. The van der Waals surface area contributed by atoms with E-state index in [1.54, 1.807) is 14.1 Å². The highest BCUT2D eigenvalue weighted by molar-refractivity contribution is 7.89. The van der Waals surface area contributed by atoms with Crippen LogP contribution >= 0.6 is 23.8 Å². The van der Waals surface area contributed by atoms with E-state index < -0.39 is 10.0 Å². The van der Waals surface area contributed by atoms with Crippen molar-refractivity contribution in [2.24, 2.45) is 5.73 Å². The van der Waals surface area contributed by atoms with Crippen LogP contribution in [0.4, 0.5) is 0 Å². The number of hydrogen-bond acceptors (Lipinski definition) is 4. The number of carbonyl (C=O) groups is 1.